The molecule has 166 valence electrons. The van der Waals surface area contributed by atoms with Crippen molar-refractivity contribution in [2.24, 2.45) is 11.8 Å². The fourth-order valence-electron chi connectivity index (χ4n) is 5.34. The van der Waals surface area contributed by atoms with Crippen LogP contribution in [0.5, 0.6) is 0 Å². The van der Waals surface area contributed by atoms with Crippen LogP contribution < -0.4 is 20.4 Å². The number of piperidine rings is 1. The van der Waals surface area contributed by atoms with Gasteiger partial charge in [0.15, 0.2) is 5.11 Å². The van der Waals surface area contributed by atoms with Crippen molar-refractivity contribution in [3.8, 4) is 0 Å². The minimum Gasteiger partial charge on any atom is -0.360 e. The Morgan fingerprint density at radius 1 is 0.900 bits per heavy atom. The van der Waals surface area contributed by atoms with E-state index in [1.807, 2.05) is 0 Å². The van der Waals surface area contributed by atoms with Crippen molar-refractivity contribution in [3.63, 3.8) is 0 Å². The zero-order valence-corrected chi connectivity index (χ0v) is 19.5. The van der Waals surface area contributed by atoms with Gasteiger partial charge in [0.05, 0.1) is 0 Å². The highest BCUT2D eigenvalue weighted by Crippen LogP contribution is 2.29. The minimum absolute atomic E-state index is 0.470. The number of aromatic nitrogens is 2. The molecule has 2 saturated heterocycles. The van der Waals surface area contributed by atoms with E-state index in [2.05, 4.69) is 40.3 Å². The summed E-state index contributed by atoms with van der Waals surface area (Å²) < 4.78 is 0. The van der Waals surface area contributed by atoms with E-state index in [0.29, 0.717) is 28.9 Å². The van der Waals surface area contributed by atoms with Crippen molar-refractivity contribution in [2.45, 2.75) is 77.7 Å². The van der Waals surface area contributed by atoms with E-state index in [1.54, 1.807) is 0 Å². The molecule has 0 bridgehead atoms. The fraction of sp³-hybridized carbons (Fsp3) is 0.783. The molecule has 3 aliphatic rings. The topological polar surface area (TPSA) is 56.3 Å². The van der Waals surface area contributed by atoms with Crippen LogP contribution in [0.3, 0.4) is 0 Å². The monoisotopic (exact) mass is 430 g/mol. The van der Waals surface area contributed by atoms with Crippen LogP contribution in [0.1, 0.15) is 71.6 Å². The molecule has 2 aliphatic heterocycles. The normalized spacial score (nSPS) is 25.8. The molecule has 1 aliphatic carbocycles. The second-order valence-corrected chi connectivity index (χ2v) is 10.1. The Bertz CT molecular complexity index is 702. The largest absolute Gasteiger partial charge is 0.360 e. The quantitative estimate of drug-likeness (QED) is 0.536. The lowest BCUT2D eigenvalue weighted by atomic mass is 9.92. The van der Waals surface area contributed by atoms with Gasteiger partial charge in [0.25, 0.3) is 0 Å². The zero-order valence-electron chi connectivity index (χ0n) is 18.7. The summed E-state index contributed by atoms with van der Waals surface area (Å²) in [5, 5.41) is 7.50. The molecule has 7 heteroatoms. The lowest BCUT2D eigenvalue weighted by Crippen LogP contribution is -2.40. The Hall–Kier alpha value is -1.63. The average molecular weight is 431 g/mol. The predicted octanol–water partition coefficient (Wildman–Crippen LogP) is 4.57. The van der Waals surface area contributed by atoms with Gasteiger partial charge in [-0.15, -0.1) is 0 Å². The Kier molecular flexibility index (Phi) is 7.28. The van der Waals surface area contributed by atoms with E-state index in [1.165, 1.54) is 57.8 Å². The van der Waals surface area contributed by atoms with Gasteiger partial charge in [-0.1, -0.05) is 39.5 Å². The summed E-state index contributed by atoms with van der Waals surface area (Å²) in [6, 6.07) is 2.65. The molecule has 30 heavy (non-hydrogen) atoms. The van der Waals surface area contributed by atoms with E-state index in [-0.39, 0.29) is 0 Å². The molecule has 6 nitrogen and oxygen atoms in total. The van der Waals surface area contributed by atoms with Crippen LogP contribution in [0.2, 0.25) is 0 Å². The lowest BCUT2D eigenvalue weighted by molar-refractivity contribution is 0.355. The summed E-state index contributed by atoms with van der Waals surface area (Å²) >= 11 is 5.65. The van der Waals surface area contributed by atoms with E-state index in [0.717, 1.165) is 37.8 Å². The molecule has 1 saturated carbocycles. The molecule has 2 N–H and O–H groups in total. The van der Waals surface area contributed by atoms with Gasteiger partial charge in [0.1, 0.15) is 11.6 Å². The first kappa shape index (κ1) is 21.6. The molecule has 2 atom stereocenters. The van der Waals surface area contributed by atoms with Gasteiger partial charge in [-0.2, -0.15) is 9.97 Å². The molecular weight excluding hydrogens is 392 g/mol. The van der Waals surface area contributed by atoms with Crippen molar-refractivity contribution >= 4 is 34.9 Å². The van der Waals surface area contributed by atoms with Crippen molar-refractivity contribution in [2.75, 3.05) is 41.3 Å². The second-order valence-electron chi connectivity index (χ2n) is 9.74. The molecule has 0 aromatic carbocycles. The molecule has 3 heterocycles. The maximum absolute atomic E-state index is 5.65. The van der Waals surface area contributed by atoms with Crippen molar-refractivity contribution in [3.05, 3.63) is 6.07 Å². The highest BCUT2D eigenvalue weighted by molar-refractivity contribution is 7.80. The maximum Gasteiger partial charge on any atom is 0.232 e. The first-order chi connectivity index (χ1) is 14.6. The van der Waals surface area contributed by atoms with Crippen molar-refractivity contribution in [1.82, 2.24) is 15.3 Å². The molecule has 0 unspecified atom stereocenters. The Morgan fingerprint density at radius 3 is 2.13 bits per heavy atom. The number of hydrogen-bond acceptors (Lipinski definition) is 5. The summed E-state index contributed by atoms with van der Waals surface area (Å²) in [4.78, 5) is 14.6. The second kappa shape index (κ2) is 10.1. The van der Waals surface area contributed by atoms with Crippen LogP contribution in [0.4, 0.5) is 17.6 Å². The van der Waals surface area contributed by atoms with Gasteiger partial charge < -0.3 is 20.4 Å². The Morgan fingerprint density at radius 2 is 1.50 bits per heavy atom. The summed E-state index contributed by atoms with van der Waals surface area (Å²) in [5.74, 6) is 4.07. The maximum atomic E-state index is 5.65. The first-order valence-corrected chi connectivity index (χ1v) is 12.4. The van der Waals surface area contributed by atoms with Gasteiger partial charge in [-0.25, -0.2) is 0 Å². The third-order valence-electron chi connectivity index (χ3n) is 6.74. The highest BCUT2D eigenvalue weighted by Gasteiger charge is 2.25. The van der Waals surface area contributed by atoms with Gasteiger partial charge >= 0.3 is 0 Å². The van der Waals surface area contributed by atoms with Crippen molar-refractivity contribution in [1.29, 1.82) is 0 Å². The number of nitrogens with zero attached hydrogens (tertiary/aromatic N) is 4. The van der Waals surface area contributed by atoms with Crippen LogP contribution in [0.15, 0.2) is 6.07 Å². The first-order valence-electron chi connectivity index (χ1n) is 12.0. The molecule has 4 rings (SSSR count). The third-order valence-corrected chi connectivity index (χ3v) is 6.96. The molecule has 0 spiro atoms. The van der Waals surface area contributed by atoms with Crippen molar-refractivity contribution < 1.29 is 0 Å². The predicted molar refractivity (Wildman–Crippen MR) is 129 cm³/mol. The van der Waals surface area contributed by atoms with Crippen LogP contribution in [-0.2, 0) is 0 Å². The standard InChI is InChI=1S/C23H38N6S/c1-17-13-18(2)16-29(15-17)21-14-20(28-11-7-8-12-28)25-22(26-21)27-23(30)24-19-9-5-3-4-6-10-19/h14,17-19H,3-13,15-16H2,1-2H3,(H2,24,25,26,27,30)/t17-,18-/m0/s1. The fourth-order valence-corrected chi connectivity index (χ4v) is 5.60. The van der Waals surface area contributed by atoms with Gasteiger partial charge in [0.2, 0.25) is 5.95 Å². The van der Waals surface area contributed by atoms with E-state index in [4.69, 9.17) is 22.2 Å². The van der Waals surface area contributed by atoms with Gasteiger partial charge in [0, 0.05) is 38.3 Å². The minimum atomic E-state index is 0.470. The summed E-state index contributed by atoms with van der Waals surface area (Å²) in [5.41, 5.74) is 0. The van der Waals surface area contributed by atoms with Crippen LogP contribution in [0, 0.1) is 11.8 Å². The number of anilines is 3. The van der Waals surface area contributed by atoms with E-state index in [9.17, 15) is 0 Å². The van der Waals surface area contributed by atoms with Gasteiger partial charge in [-0.3, -0.25) is 0 Å². The number of nitrogens with one attached hydrogen (secondary N) is 2. The summed E-state index contributed by atoms with van der Waals surface area (Å²) in [6.07, 6.45) is 11.4. The summed E-state index contributed by atoms with van der Waals surface area (Å²) in [7, 11) is 0. The third kappa shape index (κ3) is 5.74. The number of thiocarbonyl (C=S) groups is 1. The molecule has 3 fully saturated rings. The molecule has 1 aromatic rings. The molecular formula is C23H38N6S. The Balaban J connectivity index is 1.50. The average Bonchev–Trinajstić information content (AvgIpc) is 3.13. The SMILES string of the molecule is C[C@H]1C[C@H](C)CN(c2cc(N3CCCC3)nc(NC(=S)NC3CCCCCC3)n2)C1. The lowest BCUT2D eigenvalue weighted by Gasteiger charge is -2.36. The smallest absolute Gasteiger partial charge is 0.232 e. The molecule has 1 aromatic heterocycles. The van der Waals surface area contributed by atoms with Crippen LogP contribution in [0.25, 0.3) is 0 Å². The number of rotatable bonds is 4. The molecule has 0 amide bonds. The van der Waals surface area contributed by atoms with Crippen LogP contribution >= 0.6 is 12.2 Å². The van der Waals surface area contributed by atoms with E-state index >= 15 is 0 Å². The van der Waals surface area contributed by atoms with E-state index < -0.39 is 0 Å². The zero-order chi connectivity index (χ0) is 20.9. The van der Waals surface area contributed by atoms with Gasteiger partial charge in [-0.05, 0) is 56.2 Å². The Labute approximate surface area is 187 Å². The molecule has 0 radical (unpaired) electrons. The highest BCUT2D eigenvalue weighted by atomic mass is 32.1. The number of hydrogen-bond donors (Lipinski definition) is 2. The summed E-state index contributed by atoms with van der Waals surface area (Å²) in [6.45, 7) is 8.96. The van der Waals surface area contributed by atoms with Crippen LogP contribution in [-0.4, -0.2) is 47.3 Å².